The van der Waals surface area contributed by atoms with Gasteiger partial charge >= 0.3 is 0 Å². The summed E-state index contributed by atoms with van der Waals surface area (Å²) in [5.74, 6) is 0.939. The zero-order valence-electron chi connectivity index (χ0n) is 18.2. The number of amides is 2. The normalized spacial score (nSPS) is 19.0. The average molecular weight is 440 g/mol. The number of nitrogens with zero attached hydrogens (tertiary/aromatic N) is 2. The predicted octanol–water partition coefficient (Wildman–Crippen LogP) is 4.21. The van der Waals surface area contributed by atoms with Crippen molar-refractivity contribution in [2.45, 2.75) is 51.4 Å². The van der Waals surface area contributed by atoms with Crippen LogP contribution in [0.3, 0.4) is 0 Å². The molecule has 1 fully saturated rings. The quantitative estimate of drug-likeness (QED) is 0.536. The fourth-order valence-corrected chi connectivity index (χ4v) is 5.55. The van der Waals surface area contributed by atoms with Gasteiger partial charge < -0.3 is 10.6 Å². The molecular weight excluding hydrogens is 410 g/mol. The largest absolute Gasteiger partial charge is 0.354 e. The van der Waals surface area contributed by atoms with Crippen molar-refractivity contribution >= 4 is 33.4 Å². The fourth-order valence-electron chi connectivity index (χ4n) is 4.37. The van der Waals surface area contributed by atoms with Crippen molar-refractivity contribution in [3.63, 3.8) is 0 Å². The Hall–Kier alpha value is -2.74. The summed E-state index contributed by atoms with van der Waals surface area (Å²) in [7, 11) is 1.67. The van der Waals surface area contributed by atoms with Crippen LogP contribution in [-0.4, -0.2) is 40.6 Å². The molecule has 0 unspecified atom stereocenters. The highest BCUT2D eigenvalue weighted by molar-refractivity contribution is 7.20. The molecule has 7 nitrogen and oxygen atoms in total. The van der Waals surface area contributed by atoms with E-state index < -0.39 is 0 Å². The van der Waals surface area contributed by atoms with Gasteiger partial charge in [-0.3, -0.25) is 14.7 Å². The second-order valence-electron chi connectivity index (χ2n) is 8.57. The van der Waals surface area contributed by atoms with E-state index >= 15 is 0 Å². The van der Waals surface area contributed by atoms with Crippen molar-refractivity contribution in [2.24, 2.45) is 5.92 Å². The number of aromatic nitrogens is 3. The molecule has 0 bridgehead atoms. The Kier molecular flexibility index (Phi) is 6.36. The summed E-state index contributed by atoms with van der Waals surface area (Å²) in [5, 5.41) is 14.0. The Bertz CT molecular complexity index is 1080. The van der Waals surface area contributed by atoms with Crippen LogP contribution in [0.1, 0.15) is 82.8 Å². The van der Waals surface area contributed by atoms with Crippen molar-refractivity contribution in [1.29, 1.82) is 0 Å². The molecule has 3 aromatic rings. The summed E-state index contributed by atoms with van der Waals surface area (Å²) >= 11 is 1.48. The zero-order valence-corrected chi connectivity index (χ0v) is 19.0. The number of carbonyl (C=O) groups excluding carboxylic acids is 2. The molecule has 1 aliphatic rings. The maximum atomic E-state index is 12.5. The van der Waals surface area contributed by atoms with Crippen molar-refractivity contribution < 1.29 is 9.59 Å². The van der Waals surface area contributed by atoms with Gasteiger partial charge in [0.05, 0.1) is 4.88 Å². The molecule has 164 valence electrons. The highest BCUT2D eigenvalue weighted by Gasteiger charge is 2.29. The molecular formula is C23H29N5O2S. The molecule has 1 aliphatic carbocycles. The molecule has 3 heterocycles. The summed E-state index contributed by atoms with van der Waals surface area (Å²) < 4.78 is 0. The smallest absolute Gasteiger partial charge is 0.271 e. The van der Waals surface area contributed by atoms with E-state index in [9.17, 15) is 9.59 Å². The number of nitrogens with one attached hydrogen (secondary N) is 3. The molecule has 3 N–H and O–H groups in total. The Balaban J connectivity index is 1.39. The number of pyridine rings is 1. The minimum absolute atomic E-state index is 0.0350. The van der Waals surface area contributed by atoms with E-state index in [-0.39, 0.29) is 11.8 Å². The average Bonchev–Trinajstić information content (AvgIpc) is 3.43. The minimum atomic E-state index is -0.123. The van der Waals surface area contributed by atoms with E-state index in [0.29, 0.717) is 30.0 Å². The number of rotatable bonds is 6. The molecule has 3 aromatic heterocycles. The van der Waals surface area contributed by atoms with Crippen molar-refractivity contribution in [2.75, 3.05) is 13.6 Å². The number of carbonyl (C=O) groups is 2. The second kappa shape index (κ2) is 9.18. The van der Waals surface area contributed by atoms with Crippen LogP contribution in [0, 0.1) is 5.92 Å². The van der Waals surface area contributed by atoms with Crippen LogP contribution in [0.15, 0.2) is 24.4 Å². The summed E-state index contributed by atoms with van der Waals surface area (Å²) in [4.78, 5) is 31.1. The summed E-state index contributed by atoms with van der Waals surface area (Å²) in [6.07, 6.45) is 5.83. The number of thiophene rings is 1. The third kappa shape index (κ3) is 4.49. The summed E-state index contributed by atoms with van der Waals surface area (Å²) in [5.41, 5.74) is 2.56. The van der Waals surface area contributed by atoms with Crippen LogP contribution in [0.25, 0.3) is 10.2 Å². The molecule has 8 heteroatoms. The van der Waals surface area contributed by atoms with Crippen LogP contribution in [0.5, 0.6) is 0 Å². The van der Waals surface area contributed by atoms with Crippen molar-refractivity contribution in [1.82, 2.24) is 25.8 Å². The van der Waals surface area contributed by atoms with Gasteiger partial charge in [0.25, 0.3) is 11.8 Å². The SMILES string of the molecule is CNC(=O)c1sc2ncccc2c1C1CCC(CNC(=O)c2cc(C(C)C)[nH]n2)CC1. The zero-order chi connectivity index (χ0) is 22.0. The highest BCUT2D eigenvalue weighted by Crippen LogP contribution is 2.43. The van der Waals surface area contributed by atoms with E-state index in [4.69, 9.17) is 0 Å². The lowest BCUT2D eigenvalue weighted by molar-refractivity contribution is 0.0934. The number of H-pyrrole nitrogens is 1. The van der Waals surface area contributed by atoms with Gasteiger partial charge in [-0.05, 0) is 61.1 Å². The first-order valence-corrected chi connectivity index (χ1v) is 11.7. The lowest BCUT2D eigenvalue weighted by atomic mass is 9.78. The Morgan fingerprint density at radius 3 is 2.68 bits per heavy atom. The van der Waals surface area contributed by atoms with Gasteiger partial charge in [0, 0.05) is 30.9 Å². The van der Waals surface area contributed by atoms with Crippen LogP contribution < -0.4 is 10.6 Å². The van der Waals surface area contributed by atoms with Crippen LogP contribution in [0.2, 0.25) is 0 Å². The van der Waals surface area contributed by atoms with Crippen molar-refractivity contribution in [3.05, 3.63) is 46.2 Å². The standard InChI is InChI=1S/C23H29N5O2S/c1-13(2)17-11-18(28-27-17)21(29)26-12-14-6-8-15(9-7-14)19-16-5-4-10-25-23(16)31-20(19)22(30)24-3/h4-5,10-11,13-15H,6-9,12H2,1-3H3,(H,24,30)(H,26,29)(H,27,28). The number of fused-ring (bicyclic) bond motifs is 1. The van der Waals surface area contributed by atoms with Gasteiger partial charge in [-0.1, -0.05) is 19.9 Å². The lowest BCUT2D eigenvalue weighted by Gasteiger charge is -2.29. The maximum Gasteiger partial charge on any atom is 0.271 e. The lowest BCUT2D eigenvalue weighted by Crippen LogP contribution is -2.31. The van der Waals surface area contributed by atoms with Crippen LogP contribution in [0.4, 0.5) is 0 Å². The number of hydrogen-bond acceptors (Lipinski definition) is 5. The molecule has 31 heavy (non-hydrogen) atoms. The molecule has 0 aliphatic heterocycles. The van der Waals surface area contributed by atoms with E-state index in [0.717, 1.165) is 52.0 Å². The van der Waals surface area contributed by atoms with E-state index in [1.807, 2.05) is 12.1 Å². The van der Waals surface area contributed by atoms with Crippen LogP contribution >= 0.6 is 11.3 Å². The van der Waals surface area contributed by atoms with Gasteiger partial charge in [0.2, 0.25) is 0 Å². The highest BCUT2D eigenvalue weighted by atomic mass is 32.1. The molecule has 0 saturated heterocycles. The molecule has 0 aromatic carbocycles. The van der Waals surface area contributed by atoms with E-state index in [1.165, 1.54) is 11.3 Å². The second-order valence-corrected chi connectivity index (χ2v) is 9.57. The van der Waals surface area contributed by atoms with Gasteiger partial charge in [-0.25, -0.2) is 4.98 Å². The molecule has 2 amide bonds. The third-order valence-electron chi connectivity index (χ3n) is 6.20. The predicted molar refractivity (Wildman–Crippen MR) is 123 cm³/mol. The minimum Gasteiger partial charge on any atom is -0.354 e. The Morgan fingerprint density at radius 2 is 2.00 bits per heavy atom. The Labute approximate surface area is 186 Å². The molecule has 1 saturated carbocycles. The fraction of sp³-hybridized carbons (Fsp3) is 0.478. The number of aromatic amines is 1. The first kappa shape index (κ1) is 21.5. The van der Waals surface area contributed by atoms with E-state index in [2.05, 4.69) is 45.7 Å². The molecule has 4 rings (SSSR count). The summed E-state index contributed by atoms with van der Waals surface area (Å²) in [6.45, 7) is 4.79. The maximum absolute atomic E-state index is 12.5. The first-order chi connectivity index (χ1) is 15.0. The summed E-state index contributed by atoms with van der Waals surface area (Å²) in [6, 6.07) is 5.84. The monoisotopic (exact) mass is 439 g/mol. The number of hydrogen-bond donors (Lipinski definition) is 3. The molecule has 0 radical (unpaired) electrons. The van der Waals surface area contributed by atoms with Gasteiger partial charge in [0.15, 0.2) is 0 Å². The van der Waals surface area contributed by atoms with E-state index in [1.54, 1.807) is 13.2 Å². The molecule has 0 spiro atoms. The third-order valence-corrected chi connectivity index (χ3v) is 7.32. The first-order valence-electron chi connectivity index (χ1n) is 10.9. The van der Waals surface area contributed by atoms with Crippen LogP contribution in [-0.2, 0) is 0 Å². The topological polar surface area (TPSA) is 99.8 Å². The molecule has 0 atom stereocenters. The Morgan fingerprint density at radius 1 is 1.23 bits per heavy atom. The van der Waals surface area contributed by atoms with Gasteiger partial charge in [-0.15, -0.1) is 11.3 Å². The van der Waals surface area contributed by atoms with Gasteiger partial charge in [-0.2, -0.15) is 5.10 Å². The van der Waals surface area contributed by atoms with Crippen molar-refractivity contribution in [3.8, 4) is 0 Å². The van der Waals surface area contributed by atoms with Gasteiger partial charge in [0.1, 0.15) is 10.5 Å².